The number of aromatic nitrogens is 2. The van der Waals surface area contributed by atoms with Crippen molar-refractivity contribution in [1.82, 2.24) is 9.55 Å². The van der Waals surface area contributed by atoms with Gasteiger partial charge in [-0.25, -0.2) is 0 Å². The Morgan fingerprint density at radius 3 is 3.12 bits per heavy atom. The van der Waals surface area contributed by atoms with E-state index in [9.17, 15) is 4.79 Å². The van der Waals surface area contributed by atoms with Crippen LogP contribution in [0.15, 0.2) is 16.2 Å². The third-order valence-electron chi connectivity index (χ3n) is 2.50. The van der Waals surface area contributed by atoms with Crippen LogP contribution in [0.2, 0.25) is 0 Å². The number of rotatable bonds is 4. The fourth-order valence-electron chi connectivity index (χ4n) is 1.74. The lowest BCUT2D eigenvalue weighted by atomic mass is 10.3. The number of ether oxygens (including phenoxy) is 1. The van der Waals surface area contributed by atoms with Crippen molar-refractivity contribution in [3.8, 4) is 0 Å². The summed E-state index contributed by atoms with van der Waals surface area (Å²) in [4.78, 5) is 16.1. The van der Waals surface area contributed by atoms with Gasteiger partial charge in [0, 0.05) is 6.61 Å². The molecule has 1 atom stereocenters. The molecule has 6 heteroatoms. The standard InChI is InChI=1S/C11H14N2O2S2/c1-3-15-7(2)6-13-10(14)8-4-5-17-9(8)12-11(13)16/h4-5,7H,3,6H2,1-2H3,(H,12,16). The van der Waals surface area contributed by atoms with Crippen LogP contribution in [0.1, 0.15) is 13.8 Å². The van der Waals surface area contributed by atoms with Crippen molar-refractivity contribution in [2.24, 2.45) is 0 Å². The summed E-state index contributed by atoms with van der Waals surface area (Å²) in [5, 5.41) is 2.57. The minimum atomic E-state index is -0.0449. The second kappa shape index (κ2) is 5.12. The largest absolute Gasteiger partial charge is 0.377 e. The molecule has 17 heavy (non-hydrogen) atoms. The van der Waals surface area contributed by atoms with Crippen LogP contribution >= 0.6 is 23.6 Å². The van der Waals surface area contributed by atoms with Gasteiger partial charge in [-0.2, -0.15) is 0 Å². The Morgan fingerprint density at radius 1 is 1.65 bits per heavy atom. The third kappa shape index (κ3) is 2.48. The first-order valence-corrected chi connectivity index (χ1v) is 6.74. The molecule has 2 aromatic heterocycles. The second-order valence-corrected chi connectivity index (χ2v) is 5.08. The Bertz CT molecular complexity index is 626. The number of H-pyrrole nitrogens is 1. The molecule has 0 aliphatic heterocycles. The first-order valence-electron chi connectivity index (χ1n) is 5.45. The third-order valence-corrected chi connectivity index (χ3v) is 3.65. The fourth-order valence-corrected chi connectivity index (χ4v) is 2.84. The lowest BCUT2D eigenvalue weighted by Gasteiger charge is -2.13. The predicted molar refractivity (Wildman–Crippen MR) is 72.4 cm³/mol. The number of aromatic amines is 1. The molecule has 0 fully saturated rings. The fraction of sp³-hybridized carbons (Fsp3) is 0.455. The molecule has 0 amide bonds. The van der Waals surface area contributed by atoms with Gasteiger partial charge >= 0.3 is 0 Å². The van der Waals surface area contributed by atoms with Gasteiger partial charge in [0.1, 0.15) is 4.83 Å². The van der Waals surface area contributed by atoms with E-state index in [1.165, 1.54) is 11.3 Å². The highest BCUT2D eigenvalue weighted by atomic mass is 32.1. The van der Waals surface area contributed by atoms with Gasteiger partial charge in [-0.15, -0.1) is 11.3 Å². The van der Waals surface area contributed by atoms with Crippen LogP contribution in [-0.4, -0.2) is 22.3 Å². The SMILES string of the molecule is CCOC(C)Cn1c(=S)[nH]c2sccc2c1=O. The molecule has 4 nitrogen and oxygen atoms in total. The van der Waals surface area contributed by atoms with Gasteiger partial charge in [0.2, 0.25) is 0 Å². The van der Waals surface area contributed by atoms with E-state index in [0.717, 1.165) is 4.83 Å². The number of nitrogens with zero attached hydrogens (tertiary/aromatic N) is 1. The van der Waals surface area contributed by atoms with Crippen molar-refractivity contribution in [2.45, 2.75) is 26.5 Å². The lowest BCUT2D eigenvalue weighted by Crippen LogP contribution is -2.27. The van der Waals surface area contributed by atoms with Crippen LogP contribution in [0, 0.1) is 4.77 Å². The van der Waals surface area contributed by atoms with Crippen LogP contribution < -0.4 is 5.56 Å². The number of nitrogens with one attached hydrogen (secondary N) is 1. The van der Waals surface area contributed by atoms with E-state index in [1.807, 2.05) is 25.3 Å². The van der Waals surface area contributed by atoms with Gasteiger partial charge in [0.15, 0.2) is 4.77 Å². The summed E-state index contributed by atoms with van der Waals surface area (Å²) in [7, 11) is 0. The minimum Gasteiger partial charge on any atom is -0.377 e. The smallest absolute Gasteiger partial charge is 0.263 e. The molecule has 0 aliphatic rings. The first-order chi connectivity index (χ1) is 8.13. The highest BCUT2D eigenvalue weighted by Gasteiger charge is 2.09. The van der Waals surface area contributed by atoms with Crippen LogP contribution in [0.4, 0.5) is 0 Å². The highest BCUT2D eigenvalue weighted by molar-refractivity contribution is 7.71. The molecule has 0 aliphatic carbocycles. The minimum absolute atomic E-state index is 0.0242. The molecule has 1 unspecified atom stereocenters. The second-order valence-electron chi connectivity index (χ2n) is 3.78. The van der Waals surface area contributed by atoms with Gasteiger partial charge in [-0.1, -0.05) is 0 Å². The van der Waals surface area contributed by atoms with Crippen molar-refractivity contribution in [2.75, 3.05) is 6.61 Å². The molecule has 0 saturated heterocycles. The van der Waals surface area contributed by atoms with Crippen molar-refractivity contribution < 1.29 is 4.74 Å². The molecule has 0 aromatic carbocycles. The maximum atomic E-state index is 12.2. The Kier molecular flexibility index (Phi) is 3.76. The van der Waals surface area contributed by atoms with Gasteiger partial charge in [0.05, 0.1) is 18.0 Å². The van der Waals surface area contributed by atoms with Crippen LogP contribution in [0.3, 0.4) is 0 Å². The average Bonchev–Trinajstić information content (AvgIpc) is 2.72. The highest BCUT2D eigenvalue weighted by Crippen LogP contribution is 2.14. The van der Waals surface area contributed by atoms with E-state index in [1.54, 1.807) is 4.57 Å². The summed E-state index contributed by atoms with van der Waals surface area (Å²) < 4.78 is 7.45. The quantitative estimate of drug-likeness (QED) is 0.869. The van der Waals surface area contributed by atoms with E-state index in [2.05, 4.69) is 4.98 Å². The van der Waals surface area contributed by atoms with Crippen molar-refractivity contribution >= 4 is 33.8 Å². The Morgan fingerprint density at radius 2 is 2.41 bits per heavy atom. The van der Waals surface area contributed by atoms with Crippen LogP contribution in [0.5, 0.6) is 0 Å². The molecule has 2 heterocycles. The topological polar surface area (TPSA) is 47.0 Å². The summed E-state index contributed by atoms with van der Waals surface area (Å²) in [5.41, 5.74) is -0.0449. The first kappa shape index (κ1) is 12.5. The average molecular weight is 270 g/mol. The summed E-state index contributed by atoms with van der Waals surface area (Å²) in [6, 6.07) is 1.81. The van der Waals surface area contributed by atoms with E-state index in [0.29, 0.717) is 23.3 Å². The zero-order valence-electron chi connectivity index (χ0n) is 9.73. The lowest BCUT2D eigenvalue weighted by molar-refractivity contribution is 0.0629. The Balaban J connectivity index is 2.46. The van der Waals surface area contributed by atoms with Crippen molar-refractivity contribution in [3.63, 3.8) is 0 Å². The monoisotopic (exact) mass is 270 g/mol. The summed E-state index contributed by atoms with van der Waals surface area (Å²) in [6.07, 6.45) is -0.0242. The van der Waals surface area contributed by atoms with E-state index in [-0.39, 0.29) is 11.7 Å². The summed E-state index contributed by atoms with van der Waals surface area (Å²) in [5.74, 6) is 0. The molecular weight excluding hydrogens is 256 g/mol. The van der Waals surface area contributed by atoms with Gasteiger partial charge < -0.3 is 9.72 Å². The van der Waals surface area contributed by atoms with Crippen LogP contribution in [-0.2, 0) is 11.3 Å². The molecule has 2 rings (SSSR count). The Hall–Kier alpha value is -0.980. The Labute approximate surface area is 108 Å². The molecule has 0 radical (unpaired) electrons. The molecule has 2 aromatic rings. The van der Waals surface area contributed by atoms with Crippen molar-refractivity contribution in [1.29, 1.82) is 0 Å². The van der Waals surface area contributed by atoms with Crippen molar-refractivity contribution in [3.05, 3.63) is 26.6 Å². The molecule has 0 bridgehead atoms. The molecule has 0 saturated carbocycles. The van der Waals surface area contributed by atoms with Gasteiger partial charge in [0.25, 0.3) is 5.56 Å². The number of hydrogen-bond donors (Lipinski definition) is 1. The number of hydrogen-bond acceptors (Lipinski definition) is 4. The predicted octanol–water partition coefficient (Wildman–Crippen LogP) is 2.55. The van der Waals surface area contributed by atoms with Crippen LogP contribution in [0.25, 0.3) is 10.2 Å². The zero-order valence-corrected chi connectivity index (χ0v) is 11.4. The molecule has 92 valence electrons. The van der Waals surface area contributed by atoms with E-state index < -0.39 is 0 Å². The summed E-state index contributed by atoms with van der Waals surface area (Å²) in [6.45, 7) is 4.98. The zero-order chi connectivity index (χ0) is 12.4. The normalized spacial score (nSPS) is 13.1. The number of fused-ring (bicyclic) bond motifs is 1. The van der Waals surface area contributed by atoms with E-state index in [4.69, 9.17) is 17.0 Å². The van der Waals surface area contributed by atoms with Gasteiger partial charge in [-0.3, -0.25) is 9.36 Å². The summed E-state index contributed by atoms with van der Waals surface area (Å²) >= 11 is 6.68. The van der Waals surface area contributed by atoms with E-state index >= 15 is 0 Å². The maximum Gasteiger partial charge on any atom is 0.263 e. The molecule has 0 spiro atoms. The molecular formula is C11H14N2O2S2. The molecule has 1 N–H and O–H groups in total. The van der Waals surface area contributed by atoms with Gasteiger partial charge in [-0.05, 0) is 37.5 Å². The number of thiophene rings is 1. The maximum absolute atomic E-state index is 12.2.